The van der Waals surface area contributed by atoms with Crippen LogP contribution in [-0.4, -0.2) is 17.9 Å². The zero-order valence-electron chi connectivity index (χ0n) is 6.08. The number of halogens is 3. The molecule has 0 atom stereocenters. The molecule has 0 fully saturated rings. The van der Waals surface area contributed by atoms with Gasteiger partial charge in [0, 0.05) is 0 Å². The largest absolute Gasteiger partial charge is 0.435 e. The summed E-state index contributed by atoms with van der Waals surface area (Å²) < 4.78 is 34.1. The Balaban J connectivity index is 4.01. The Morgan fingerprint density at radius 1 is 1.10 bits per heavy atom. The van der Waals surface area contributed by atoms with Gasteiger partial charge in [0.15, 0.2) is 6.21 Å². The minimum Gasteiger partial charge on any atom is -0.273 e. The molecule has 4 heteroatoms. The summed E-state index contributed by atoms with van der Waals surface area (Å²) in [5.41, 5.74) is -0.699. The van der Waals surface area contributed by atoms with Gasteiger partial charge in [0.1, 0.15) is 0 Å². The molecule has 0 spiro atoms. The number of hydrogen-bond acceptors (Lipinski definition) is 1. The van der Waals surface area contributed by atoms with Crippen molar-refractivity contribution in [2.24, 2.45) is 4.99 Å². The summed E-state index contributed by atoms with van der Waals surface area (Å²) in [6, 6.07) is 0. The summed E-state index contributed by atoms with van der Waals surface area (Å²) in [6.45, 7) is 4.73. The number of aliphatic imine (C=N–C) groups is 1. The lowest BCUT2D eigenvalue weighted by atomic mass is 10.1. The first kappa shape index (κ1) is 9.46. The third-order valence-corrected chi connectivity index (χ3v) is 0.518. The van der Waals surface area contributed by atoms with Gasteiger partial charge in [0.05, 0.1) is 5.54 Å². The van der Waals surface area contributed by atoms with E-state index in [2.05, 4.69) is 4.99 Å². The first-order valence-electron chi connectivity index (χ1n) is 2.76. The van der Waals surface area contributed by atoms with Gasteiger partial charge in [-0.15, -0.1) is 0 Å². The highest BCUT2D eigenvalue weighted by molar-refractivity contribution is 5.64. The fourth-order valence-corrected chi connectivity index (χ4v) is 0.231. The molecule has 0 amide bonds. The molecule has 0 heterocycles. The van der Waals surface area contributed by atoms with E-state index in [1.165, 1.54) is 0 Å². The van der Waals surface area contributed by atoms with Crippen molar-refractivity contribution in [2.75, 3.05) is 0 Å². The van der Waals surface area contributed by atoms with E-state index in [0.717, 1.165) is 6.21 Å². The van der Waals surface area contributed by atoms with E-state index >= 15 is 0 Å². The van der Waals surface area contributed by atoms with Gasteiger partial charge < -0.3 is 0 Å². The zero-order chi connectivity index (χ0) is 8.41. The number of nitrogens with zero attached hydrogens (tertiary/aromatic N) is 1. The Kier molecular flexibility index (Phi) is 2.46. The molecular weight excluding hydrogens is 143 g/mol. The van der Waals surface area contributed by atoms with Crippen LogP contribution < -0.4 is 0 Å². The summed E-state index contributed by atoms with van der Waals surface area (Å²) in [6.07, 6.45) is -3.32. The molecule has 0 aliphatic carbocycles. The van der Waals surface area contributed by atoms with E-state index in [-0.39, 0.29) is 0 Å². The fourth-order valence-electron chi connectivity index (χ4n) is 0.231. The molecule has 59 valence electrons. The lowest BCUT2D eigenvalue weighted by molar-refractivity contribution is -0.0541. The highest BCUT2D eigenvalue weighted by Gasteiger charge is 2.26. The standard InChI is InChI=1S/C6H9F3N/c1-5(2,3)10-4-6(7,8)9/h1-3H3. The van der Waals surface area contributed by atoms with Crippen molar-refractivity contribution in [1.29, 1.82) is 0 Å². The van der Waals surface area contributed by atoms with Gasteiger partial charge in [-0.25, -0.2) is 0 Å². The average Bonchev–Trinajstić information content (AvgIpc) is 1.57. The molecule has 0 saturated heterocycles. The van der Waals surface area contributed by atoms with E-state index < -0.39 is 11.7 Å². The van der Waals surface area contributed by atoms with Crippen LogP contribution in [0.4, 0.5) is 13.2 Å². The van der Waals surface area contributed by atoms with Crippen LogP contribution in [0.3, 0.4) is 0 Å². The van der Waals surface area contributed by atoms with Crippen LogP contribution in [0.25, 0.3) is 0 Å². The Bertz CT molecular complexity index is 113. The second kappa shape index (κ2) is 2.60. The predicted octanol–water partition coefficient (Wildman–Crippen LogP) is 2.30. The van der Waals surface area contributed by atoms with Crippen molar-refractivity contribution in [3.8, 4) is 0 Å². The van der Waals surface area contributed by atoms with Crippen molar-refractivity contribution in [2.45, 2.75) is 32.5 Å². The zero-order valence-corrected chi connectivity index (χ0v) is 6.08. The molecule has 0 aromatic carbocycles. The van der Waals surface area contributed by atoms with Crippen LogP contribution in [0.5, 0.6) is 0 Å². The molecule has 1 radical (unpaired) electrons. The van der Waals surface area contributed by atoms with Crippen molar-refractivity contribution in [3.63, 3.8) is 0 Å². The van der Waals surface area contributed by atoms with Crippen molar-refractivity contribution in [3.05, 3.63) is 0 Å². The van der Waals surface area contributed by atoms with Gasteiger partial charge in [0.25, 0.3) is 0 Å². The molecule has 0 aromatic rings. The third-order valence-electron chi connectivity index (χ3n) is 0.518. The topological polar surface area (TPSA) is 12.4 Å². The van der Waals surface area contributed by atoms with E-state index in [1.54, 1.807) is 20.8 Å². The molecule has 0 aromatic heterocycles. The first-order chi connectivity index (χ1) is 4.21. The van der Waals surface area contributed by atoms with Crippen LogP contribution in [-0.2, 0) is 0 Å². The highest BCUT2D eigenvalue weighted by atomic mass is 19.4. The SMILES string of the molecule is CC(C)(C)/N=[C]\C(F)(F)F. The summed E-state index contributed by atoms with van der Waals surface area (Å²) in [5.74, 6) is 0. The maximum absolute atomic E-state index is 11.4. The Morgan fingerprint density at radius 3 is 1.60 bits per heavy atom. The van der Waals surface area contributed by atoms with Crippen molar-refractivity contribution in [1.82, 2.24) is 0 Å². The molecule has 0 bridgehead atoms. The van der Waals surface area contributed by atoms with Crippen molar-refractivity contribution >= 4 is 6.21 Å². The van der Waals surface area contributed by atoms with Gasteiger partial charge in [-0.1, -0.05) is 0 Å². The molecule has 1 nitrogen and oxygen atoms in total. The Labute approximate surface area is 58.0 Å². The van der Waals surface area contributed by atoms with Crippen LogP contribution >= 0.6 is 0 Å². The molecule has 0 aliphatic rings. The predicted molar refractivity (Wildman–Crippen MR) is 33.2 cm³/mol. The maximum atomic E-state index is 11.4. The summed E-state index contributed by atoms with van der Waals surface area (Å²) in [4.78, 5) is 3.15. The monoisotopic (exact) mass is 152 g/mol. The van der Waals surface area contributed by atoms with Gasteiger partial charge in [-0.2, -0.15) is 13.2 Å². The first-order valence-corrected chi connectivity index (χ1v) is 2.76. The molecule has 0 unspecified atom stereocenters. The minimum atomic E-state index is -4.41. The van der Waals surface area contributed by atoms with Crippen LogP contribution in [0.2, 0.25) is 0 Å². The van der Waals surface area contributed by atoms with Crippen molar-refractivity contribution < 1.29 is 13.2 Å². The molecular formula is C6H9F3N. The van der Waals surface area contributed by atoms with E-state index in [4.69, 9.17) is 0 Å². The Morgan fingerprint density at radius 2 is 1.50 bits per heavy atom. The second-order valence-electron chi connectivity index (χ2n) is 2.89. The fraction of sp³-hybridized carbons (Fsp3) is 0.833. The third kappa shape index (κ3) is 7.46. The molecule has 0 rings (SSSR count). The van der Waals surface area contributed by atoms with Gasteiger partial charge in [-0.3, -0.25) is 4.99 Å². The normalized spacial score (nSPS) is 14.6. The summed E-state index contributed by atoms with van der Waals surface area (Å²) in [7, 11) is 0. The molecule has 0 N–H and O–H groups in total. The van der Waals surface area contributed by atoms with E-state index in [9.17, 15) is 13.2 Å². The Hall–Kier alpha value is -0.540. The average molecular weight is 152 g/mol. The molecule has 0 aliphatic heterocycles. The number of hydrogen-bond donors (Lipinski definition) is 0. The minimum absolute atomic E-state index is 0.699. The molecule has 0 saturated carbocycles. The van der Waals surface area contributed by atoms with Gasteiger partial charge in [0.2, 0.25) is 0 Å². The summed E-state index contributed by atoms with van der Waals surface area (Å²) >= 11 is 0. The van der Waals surface area contributed by atoms with E-state index in [0.29, 0.717) is 0 Å². The smallest absolute Gasteiger partial charge is 0.273 e. The highest BCUT2D eigenvalue weighted by Crippen LogP contribution is 2.14. The maximum Gasteiger partial charge on any atom is 0.435 e. The lowest BCUT2D eigenvalue weighted by Crippen LogP contribution is -2.16. The molecule has 10 heavy (non-hydrogen) atoms. The van der Waals surface area contributed by atoms with E-state index in [1.807, 2.05) is 0 Å². The number of alkyl halides is 3. The summed E-state index contributed by atoms with van der Waals surface area (Å²) in [5, 5.41) is 0. The van der Waals surface area contributed by atoms with Crippen LogP contribution in [0.15, 0.2) is 4.99 Å². The number of rotatable bonds is 0. The quantitative estimate of drug-likeness (QED) is 0.472. The van der Waals surface area contributed by atoms with Crippen LogP contribution in [0.1, 0.15) is 20.8 Å². The van der Waals surface area contributed by atoms with Gasteiger partial charge >= 0.3 is 6.18 Å². The lowest BCUT2D eigenvalue weighted by Gasteiger charge is -2.10. The van der Waals surface area contributed by atoms with Gasteiger partial charge in [-0.05, 0) is 20.8 Å². The second-order valence-corrected chi connectivity index (χ2v) is 2.89. The van der Waals surface area contributed by atoms with Crippen LogP contribution in [0, 0.1) is 0 Å².